The highest BCUT2D eigenvalue weighted by molar-refractivity contribution is 7.90. The van der Waals surface area contributed by atoms with E-state index in [4.69, 9.17) is 4.74 Å². The Morgan fingerprint density at radius 3 is 2.62 bits per heavy atom. The van der Waals surface area contributed by atoms with E-state index in [2.05, 4.69) is 16.9 Å². The van der Waals surface area contributed by atoms with Crippen LogP contribution in [-0.4, -0.2) is 54.9 Å². The molecule has 1 aliphatic heterocycles. The summed E-state index contributed by atoms with van der Waals surface area (Å²) >= 11 is 0. The third-order valence-corrected chi connectivity index (χ3v) is 6.24. The topological polar surface area (TPSA) is 64.4 Å². The van der Waals surface area contributed by atoms with Gasteiger partial charge in [-0.05, 0) is 32.7 Å². The van der Waals surface area contributed by atoms with Gasteiger partial charge in [0.2, 0.25) is 15.0 Å². The molecule has 6 nitrogen and oxygen atoms in total. The molecule has 0 unspecified atom stereocenters. The Bertz CT molecular complexity index is 644. The molecule has 0 radical (unpaired) electrons. The lowest BCUT2D eigenvalue weighted by Gasteiger charge is -2.31. The minimum Gasteiger partial charge on any atom is -0.376 e. The van der Waals surface area contributed by atoms with Crippen molar-refractivity contribution in [3.8, 4) is 0 Å². The number of nitrogens with zero attached hydrogens (tertiary/aromatic N) is 3. The van der Waals surface area contributed by atoms with Crippen LogP contribution < -0.4 is 0 Å². The van der Waals surface area contributed by atoms with Gasteiger partial charge in [0.25, 0.3) is 0 Å². The van der Waals surface area contributed by atoms with Gasteiger partial charge in [-0.2, -0.15) is 0 Å². The van der Waals surface area contributed by atoms with E-state index in [0.717, 1.165) is 31.7 Å². The summed E-state index contributed by atoms with van der Waals surface area (Å²) in [5.74, 6) is 0. The van der Waals surface area contributed by atoms with Crippen molar-refractivity contribution in [2.24, 2.45) is 0 Å². The monoisotopic (exact) mass is 355 g/mol. The first-order chi connectivity index (χ1) is 11.4. The molecule has 1 aromatic heterocycles. The molecule has 0 aromatic carbocycles. The van der Waals surface area contributed by atoms with Gasteiger partial charge in [0.05, 0.1) is 24.5 Å². The maximum absolute atomic E-state index is 12.1. The summed E-state index contributed by atoms with van der Waals surface area (Å²) in [7, 11) is -1.20. The van der Waals surface area contributed by atoms with Crippen LogP contribution in [0.5, 0.6) is 0 Å². The number of hydrogen-bond acceptors (Lipinski definition) is 5. The Kier molecular flexibility index (Phi) is 5.62. The van der Waals surface area contributed by atoms with Crippen molar-refractivity contribution in [1.82, 2.24) is 14.5 Å². The molecule has 7 heteroatoms. The number of ether oxygens (including phenoxy) is 1. The molecular weight excluding hydrogens is 326 g/mol. The predicted octanol–water partition coefficient (Wildman–Crippen LogP) is 2.23. The van der Waals surface area contributed by atoms with Crippen LogP contribution in [0, 0.1) is 0 Å². The van der Waals surface area contributed by atoms with Gasteiger partial charge in [-0.3, -0.25) is 4.90 Å². The molecule has 2 heterocycles. The van der Waals surface area contributed by atoms with Gasteiger partial charge in [0.1, 0.15) is 0 Å². The van der Waals surface area contributed by atoms with Gasteiger partial charge in [-0.25, -0.2) is 13.4 Å². The zero-order chi connectivity index (χ0) is 17.2. The fourth-order valence-corrected chi connectivity index (χ4v) is 4.74. The van der Waals surface area contributed by atoms with Crippen LogP contribution in [0.3, 0.4) is 0 Å². The van der Waals surface area contributed by atoms with Crippen LogP contribution in [0.2, 0.25) is 0 Å². The van der Waals surface area contributed by atoms with Gasteiger partial charge in [0, 0.05) is 25.4 Å². The molecule has 0 amide bonds. The summed E-state index contributed by atoms with van der Waals surface area (Å²) in [5, 5.41) is 0.171. The van der Waals surface area contributed by atoms with Gasteiger partial charge in [-0.15, -0.1) is 0 Å². The van der Waals surface area contributed by atoms with Gasteiger partial charge < -0.3 is 9.30 Å². The second-order valence-corrected chi connectivity index (χ2v) is 9.17. The Morgan fingerprint density at radius 2 is 2.00 bits per heavy atom. The quantitative estimate of drug-likeness (QED) is 0.783. The molecule has 136 valence electrons. The average molecular weight is 356 g/mol. The Balaban J connectivity index is 1.79. The fraction of sp³-hybridized carbons (Fsp3) is 0.824. The number of sulfone groups is 1. The molecule has 24 heavy (non-hydrogen) atoms. The standard InChI is InChI=1S/C17H29N3O3S/c1-19(14-7-4-3-5-8-14)12-15-11-18-17(24(2,21)22)20(15)13-16-9-6-10-23-16/h11,14,16H,3-10,12-13H2,1-2H3/t16-/m1/s1. The van der Waals surface area contributed by atoms with Crippen molar-refractivity contribution in [1.29, 1.82) is 0 Å². The van der Waals surface area contributed by atoms with E-state index in [1.807, 2.05) is 4.57 Å². The molecule has 1 saturated heterocycles. The van der Waals surface area contributed by atoms with E-state index in [1.54, 1.807) is 6.20 Å². The van der Waals surface area contributed by atoms with E-state index in [-0.39, 0.29) is 11.3 Å². The average Bonchev–Trinajstić information content (AvgIpc) is 3.19. The summed E-state index contributed by atoms with van der Waals surface area (Å²) in [6.07, 6.45) is 11.5. The highest BCUT2D eigenvalue weighted by Gasteiger charge is 2.25. The third-order valence-electron chi connectivity index (χ3n) is 5.25. The van der Waals surface area contributed by atoms with E-state index in [1.165, 1.54) is 38.4 Å². The van der Waals surface area contributed by atoms with Crippen LogP contribution in [0.1, 0.15) is 50.6 Å². The molecule has 0 bridgehead atoms. The van der Waals surface area contributed by atoms with Gasteiger partial charge >= 0.3 is 0 Å². The number of imidazole rings is 1. The van der Waals surface area contributed by atoms with E-state index >= 15 is 0 Å². The molecule has 2 aliphatic rings. The first-order valence-electron chi connectivity index (χ1n) is 9.01. The second-order valence-electron chi connectivity index (χ2n) is 7.26. The smallest absolute Gasteiger partial charge is 0.227 e. The van der Waals surface area contributed by atoms with Gasteiger partial charge in [0.15, 0.2) is 0 Å². The Morgan fingerprint density at radius 1 is 1.25 bits per heavy atom. The summed E-state index contributed by atoms with van der Waals surface area (Å²) in [4.78, 5) is 6.58. The number of aromatic nitrogens is 2. The van der Waals surface area contributed by atoms with Crippen molar-refractivity contribution in [2.75, 3.05) is 19.9 Å². The minimum atomic E-state index is -3.34. The van der Waals surface area contributed by atoms with Crippen LogP contribution in [0.15, 0.2) is 11.4 Å². The summed E-state index contributed by atoms with van der Waals surface area (Å²) < 4.78 is 31.8. The molecular formula is C17H29N3O3S. The summed E-state index contributed by atoms with van der Waals surface area (Å²) in [6.45, 7) is 2.08. The molecule has 1 aliphatic carbocycles. The number of hydrogen-bond donors (Lipinski definition) is 0. The lowest BCUT2D eigenvalue weighted by molar-refractivity contribution is 0.0927. The van der Waals surface area contributed by atoms with Crippen molar-refractivity contribution in [3.05, 3.63) is 11.9 Å². The zero-order valence-electron chi connectivity index (χ0n) is 14.8. The molecule has 0 N–H and O–H groups in total. The molecule has 2 fully saturated rings. The van der Waals surface area contributed by atoms with E-state index < -0.39 is 9.84 Å². The normalized spacial score (nSPS) is 23.2. The largest absolute Gasteiger partial charge is 0.376 e. The second kappa shape index (κ2) is 7.54. The van der Waals surface area contributed by atoms with Crippen molar-refractivity contribution >= 4 is 9.84 Å². The molecule has 1 atom stereocenters. The first kappa shape index (κ1) is 17.9. The molecule has 1 saturated carbocycles. The van der Waals surface area contributed by atoms with Crippen LogP contribution in [0.4, 0.5) is 0 Å². The summed E-state index contributed by atoms with van der Waals surface area (Å²) in [5.41, 5.74) is 0.971. The maximum Gasteiger partial charge on any atom is 0.227 e. The lowest BCUT2D eigenvalue weighted by Crippen LogP contribution is -2.34. The minimum absolute atomic E-state index is 0.0958. The van der Waals surface area contributed by atoms with E-state index in [0.29, 0.717) is 12.6 Å². The Labute approximate surface area is 145 Å². The third kappa shape index (κ3) is 4.18. The van der Waals surface area contributed by atoms with E-state index in [9.17, 15) is 8.42 Å². The van der Waals surface area contributed by atoms with Crippen molar-refractivity contribution in [2.45, 2.75) is 75.3 Å². The van der Waals surface area contributed by atoms with Crippen LogP contribution in [-0.2, 0) is 27.7 Å². The SMILES string of the molecule is CN(Cc1cnc(S(C)(=O)=O)n1C[C@H]1CCCO1)C1CCCCC1. The van der Waals surface area contributed by atoms with Crippen LogP contribution in [0.25, 0.3) is 0 Å². The van der Waals surface area contributed by atoms with Crippen LogP contribution >= 0.6 is 0 Å². The molecule has 1 aromatic rings. The fourth-order valence-electron chi connectivity index (χ4n) is 3.91. The highest BCUT2D eigenvalue weighted by atomic mass is 32.2. The highest BCUT2D eigenvalue weighted by Crippen LogP contribution is 2.24. The lowest BCUT2D eigenvalue weighted by atomic mass is 9.94. The number of rotatable bonds is 6. The summed E-state index contributed by atoms with van der Waals surface area (Å²) in [6, 6.07) is 0.589. The Hall–Kier alpha value is -0.920. The predicted molar refractivity (Wildman–Crippen MR) is 92.7 cm³/mol. The van der Waals surface area contributed by atoms with Crippen molar-refractivity contribution in [3.63, 3.8) is 0 Å². The van der Waals surface area contributed by atoms with Gasteiger partial charge in [-0.1, -0.05) is 19.3 Å². The first-order valence-corrected chi connectivity index (χ1v) is 10.9. The van der Waals surface area contributed by atoms with Crippen molar-refractivity contribution < 1.29 is 13.2 Å². The molecule has 3 rings (SSSR count). The zero-order valence-corrected chi connectivity index (χ0v) is 15.6. The molecule has 0 spiro atoms. The maximum atomic E-state index is 12.1.